The number of carbonyl (C=O) groups excluding carboxylic acids is 1. The summed E-state index contributed by atoms with van der Waals surface area (Å²) in [4.78, 5) is 15.0. The van der Waals surface area contributed by atoms with E-state index in [0.29, 0.717) is 16.0 Å². The molecule has 2 aromatic rings. The van der Waals surface area contributed by atoms with Gasteiger partial charge in [0.05, 0.1) is 10.9 Å². The monoisotopic (exact) mass is 393 g/mol. The molecule has 0 radical (unpaired) electrons. The number of amides is 1. The van der Waals surface area contributed by atoms with Gasteiger partial charge in [-0.05, 0) is 64.4 Å². The molecule has 0 aliphatic carbocycles. The zero-order valence-electron chi connectivity index (χ0n) is 14.7. The van der Waals surface area contributed by atoms with Gasteiger partial charge in [-0.3, -0.25) is 4.79 Å². The third kappa shape index (κ3) is 4.15. The number of likely N-dealkylation sites (tertiary alicyclic amines) is 1. The first-order valence-electron chi connectivity index (χ1n) is 8.62. The van der Waals surface area contributed by atoms with Crippen LogP contribution in [-0.4, -0.2) is 37.9 Å². The molecule has 2 heterocycles. The normalized spacial score (nSPS) is 22.0. The molecule has 1 aromatic heterocycles. The standard InChI is InChI=1S/C18H23N3OS3/c1-12-8-7-9-13(2)20(12)16(22)14(3)24-17-19-21(18(23)25-17)15-10-5-4-6-11-15/h4-6,10-14H,7-9H2,1-3H3/t12-,13-,14+/m0/s1. The van der Waals surface area contributed by atoms with Gasteiger partial charge >= 0.3 is 0 Å². The van der Waals surface area contributed by atoms with E-state index in [-0.39, 0.29) is 11.2 Å². The highest BCUT2D eigenvalue weighted by atomic mass is 32.2. The molecule has 0 saturated carbocycles. The fourth-order valence-electron chi connectivity index (χ4n) is 3.31. The van der Waals surface area contributed by atoms with Gasteiger partial charge in [-0.15, -0.1) is 5.10 Å². The van der Waals surface area contributed by atoms with E-state index in [1.54, 1.807) is 4.68 Å². The van der Waals surface area contributed by atoms with Crippen molar-refractivity contribution >= 4 is 41.2 Å². The third-order valence-electron chi connectivity index (χ3n) is 4.60. The summed E-state index contributed by atoms with van der Waals surface area (Å²) in [7, 11) is 0. The minimum Gasteiger partial charge on any atom is -0.336 e. The molecule has 1 saturated heterocycles. The number of para-hydroxylation sites is 1. The zero-order valence-corrected chi connectivity index (χ0v) is 17.2. The smallest absolute Gasteiger partial charge is 0.236 e. The number of nitrogens with zero attached hydrogens (tertiary/aromatic N) is 3. The first-order valence-corrected chi connectivity index (χ1v) is 10.7. The van der Waals surface area contributed by atoms with Crippen molar-refractivity contribution < 1.29 is 4.79 Å². The molecule has 0 N–H and O–H groups in total. The van der Waals surface area contributed by atoms with Crippen molar-refractivity contribution in [2.45, 2.75) is 61.7 Å². The number of hydrogen-bond donors (Lipinski definition) is 0. The summed E-state index contributed by atoms with van der Waals surface area (Å²) in [6.45, 7) is 6.27. The first-order chi connectivity index (χ1) is 12.0. The lowest BCUT2D eigenvalue weighted by molar-refractivity contribution is -0.136. The largest absolute Gasteiger partial charge is 0.336 e. The maximum absolute atomic E-state index is 12.9. The minimum absolute atomic E-state index is 0.159. The van der Waals surface area contributed by atoms with Gasteiger partial charge in [-0.2, -0.15) is 0 Å². The molecule has 0 unspecified atom stereocenters. The van der Waals surface area contributed by atoms with Crippen LogP contribution in [0.3, 0.4) is 0 Å². The fourth-order valence-corrected chi connectivity index (χ4v) is 5.87. The van der Waals surface area contributed by atoms with E-state index < -0.39 is 0 Å². The van der Waals surface area contributed by atoms with E-state index in [1.165, 1.54) is 29.5 Å². The summed E-state index contributed by atoms with van der Waals surface area (Å²) in [6.07, 6.45) is 3.39. The minimum atomic E-state index is -0.159. The molecule has 1 aliphatic heterocycles. The molecule has 0 bridgehead atoms. The Labute approximate surface area is 162 Å². The molecule has 1 fully saturated rings. The predicted molar refractivity (Wildman–Crippen MR) is 107 cm³/mol. The van der Waals surface area contributed by atoms with Gasteiger partial charge in [-0.1, -0.05) is 41.3 Å². The van der Waals surface area contributed by atoms with Crippen molar-refractivity contribution in [2.75, 3.05) is 0 Å². The number of hydrogen-bond acceptors (Lipinski definition) is 5. The highest BCUT2D eigenvalue weighted by Gasteiger charge is 2.32. The summed E-state index contributed by atoms with van der Waals surface area (Å²) < 4.78 is 3.31. The molecule has 3 atom stereocenters. The van der Waals surface area contributed by atoms with Crippen LogP contribution in [0.4, 0.5) is 0 Å². The van der Waals surface area contributed by atoms with E-state index in [1.807, 2.05) is 37.3 Å². The average Bonchev–Trinajstić information content (AvgIpc) is 2.95. The lowest BCUT2D eigenvalue weighted by Gasteiger charge is -2.40. The van der Waals surface area contributed by atoms with Crippen LogP contribution in [0, 0.1) is 3.95 Å². The van der Waals surface area contributed by atoms with Crippen molar-refractivity contribution in [3.05, 3.63) is 34.3 Å². The maximum Gasteiger partial charge on any atom is 0.236 e. The Kier molecular flexibility index (Phi) is 5.96. The van der Waals surface area contributed by atoms with Crippen LogP contribution in [-0.2, 0) is 4.79 Å². The number of thioether (sulfide) groups is 1. The van der Waals surface area contributed by atoms with E-state index in [2.05, 4.69) is 23.8 Å². The highest BCUT2D eigenvalue weighted by molar-refractivity contribution is 8.02. The third-order valence-corrected chi connectivity index (χ3v) is 7.01. The van der Waals surface area contributed by atoms with Crippen molar-refractivity contribution in [3.63, 3.8) is 0 Å². The van der Waals surface area contributed by atoms with E-state index in [0.717, 1.165) is 22.9 Å². The van der Waals surface area contributed by atoms with Crippen LogP contribution >= 0.6 is 35.3 Å². The van der Waals surface area contributed by atoms with Gasteiger partial charge in [0, 0.05) is 12.1 Å². The van der Waals surface area contributed by atoms with Crippen molar-refractivity contribution in [3.8, 4) is 5.69 Å². The van der Waals surface area contributed by atoms with Gasteiger partial charge in [0.2, 0.25) is 5.91 Å². The molecular formula is C18H23N3OS3. The van der Waals surface area contributed by atoms with Crippen LogP contribution in [0.25, 0.3) is 5.69 Å². The van der Waals surface area contributed by atoms with Gasteiger partial charge in [0.25, 0.3) is 0 Å². The van der Waals surface area contributed by atoms with Crippen molar-refractivity contribution in [1.29, 1.82) is 0 Å². The Morgan fingerprint density at radius 3 is 2.56 bits per heavy atom. The molecular weight excluding hydrogens is 370 g/mol. The van der Waals surface area contributed by atoms with E-state index in [4.69, 9.17) is 12.2 Å². The zero-order chi connectivity index (χ0) is 18.0. The second-order valence-electron chi connectivity index (χ2n) is 6.52. The van der Waals surface area contributed by atoms with Crippen LogP contribution in [0.5, 0.6) is 0 Å². The molecule has 134 valence electrons. The summed E-state index contributed by atoms with van der Waals surface area (Å²) in [5.74, 6) is 0.206. The Balaban J connectivity index is 1.74. The molecule has 1 aromatic carbocycles. The molecule has 25 heavy (non-hydrogen) atoms. The summed E-state index contributed by atoms with van der Waals surface area (Å²) in [6, 6.07) is 10.5. The predicted octanol–water partition coefficient (Wildman–Crippen LogP) is 4.93. The number of carbonyl (C=O) groups is 1. The fraction of sp³-hybridized carbons (Fsp3) is 0.500. The molecule has 4 nitrogen and oxygen atoms in total. The van der Waals surface area contributed by atoms with Crippen LogP contribution < -0.4 is 0 Å². The number of aromatic nitrogens is 2. The van der Waals surface area contributed by atoms with Crippen LogP contribution in [0.2, 0.25) is 0 Å². The van der Waals surface area contributed by atoms with Crippen LogP contribution in [0.15, 0.2) is 34.7 Å². The van der Waals surface area contributed by atoms with E-state index in [9.17, 15) is 4.79 Å². The van der Waals surface area contributed by atoms with Crippen LogP contribution in [0.1, 0.15) is 40.0 Å². The van der Waals surface area contributed by atoms with Crippen molar-refractivity contribution in [2.24, 2.45) is 0 Å². The Morgan fingerprint density at radius 2 is 1.92 bits per heavy atom. The molecule has 1 aliphatic rings. The molecule has 1 amide bonds. The highest BCUT2D eigenvalue weighted by Crippen LogP contribution is 2.31. The molecule has 7 heteroatoms. The second-order valence-corrected chi connectivity index (χ2v) is 9.73. The molecule has 3 rings (SSSR count). The van der Waals surface area contributed by atoms with Crippen molar-refractivity contribution in [1.82, 2.24) is 14.7 Å². The number of benzene rings is 1. The summed E-state index contributed by atoms with van der Waals surface area (Å²) in [5.41, 5.74) is 0.952. The lowest BCUT2D eigenvalue weighted by Crippen LogP contribution is -2.50. The second kappa shape index (κ2) is 8.01. The lowest BCUT2D eigenvalue weighted by atomic mass is 9.97. The van der Waals surface area contributed by atoms with Gasteiger partial charge in [0.15, 0.2) is 8.29 Å². The quantitative estimate of drug-likeness (QED) is 0.545. The van der Waals surface area contributed by atoms with Gasteiger partial charge in [-0.25, -0.2) is 4.68 Å². The van der Waals surface area contributed by atoms with E-state index >= 15 is 0 Å². The summed E-state index contributed by atoms with van der Waals surface area (Å²) >= 11 is 8.42. The Morgan fingerprint density at radius 1 is 1.28 bits per heavy atom. The average molecular weight is 394 g/mol. The maximum atomic E-state index is 12.9. The number of piperidine rings is 1. The Bertz CT molecular complexity index is 776. The SMILES string of the molecule is C[C@@H](Sc1nn(-c2ccccc2)c(=S)s1)C(=O)N1[C@@H](C)CCC[C@@H]1C. The molecule has 0 spiro atoms. The van der Waals surface area contributed by atoms with Gasteiger partial charge < -0.3 is 4.90 Å². The number of rotatable bonds is 4. The topological polar surface area (TPSA) is 38.1 Å². The first kappa shape index (κ1) is 18.6. The summed E-state index contributed by atoms with van der Waals surface area (Å²) in [5, 5.41) is 4.45. The Hall–Kier alpha value is -1.18. The van der Waals surface area contributed by atoms with Gasteiger partial charge in [0.1, 0.15) is 0 Å².